The van der Waals surface area contributed by atoms with Gasteiger partial charge in [-0.25, -0.2) is 0 Å². The number of nitrogens with one attached hydrogen (secondary N) is 1. The first-order valence-corrected chi connectivity index (χ1v) is 11.2. The quantitative estimate of drug-likeness (QED) is 0.529. The van der Waals surface area contributed by atoms with E-state index in [1.165, 1.54) is 6.07 Å². The molecule has 1 N–H and O–H groups in total. The number of aliphatic imine (C=N–C) groups is 1. The smallest absolute Gasteiger partial charge is 0.353 e. The molecule has 5 nitrogen and oxygen atoms in total. The van der Waals surface area contributed by atoms with Crippen molar-refractivity contribution in [1.82, 2.24) is 5.32 Å². The topological polar surface area (TPSA) is 61.8 Å². The molecule has 1 aliphatic heterocycles. The number of hydrogen-bond acceptors (Lipinski definition) is 3. The molecule has 3 aromatic rings. The molecule has 1 aliphatic rings. The molecule has 0 bridgehead atoms. The maximum atomic E-state index is 13.5. The summed E-state index contributed by atoms with van der Waals surface area (Å²) in [5.74, 6) is -1.23. The fourth-order valence-electron chi connectivity index (χ4n) is 3.85. The minimum Gasteiger partial charge on any atom is -0.353 e. The van der Waals surface area contributed by atoms with Crippen LogP contribution >= 0.6 is 11.6 Å². The van der Waals surface area contributed by atoms with Crippen molar-refractivity contribution in [3.63, 3.8) is 0 Å². The second kappa shape index (κ2) is 10.3. The van der Waals surface area contributed by atoms with Crippen LogP contribution in [0.3, 0.4) is 0 Å². The predicted octanol–water partition coefficient (Wildman–Crippen LogP) is 4.81. The first-order chi connectivity index (χ1) is 16.7. The van der Waals surface area contributed by atoms with Crippen molar-refractivity contribution >= 4 is 34.8 Å². The highest BCUT2D eigenvalue weighted by atomic mass is 35.5. The van der Waals surface area contributed by atoms with E-state index in [4.69, 9.17) is 11.6 Å². The molecule has 0 fully saturated rings. The van der Waals surface area contributed by atoms with E-state index in [0.717, 1.165) is 0 Å². The lowest BCUT2D eigenvalue weighted by molar-refractivity contribution is -0.133. The first-order valence-electron chi connectivity index (χ1n) is 10.8. The molecule has 0 aliphatic carbocycles. The Bertz CT molecular complexity index is 1240. The Balaban J connectivity index is 1.66. The zero-order valence-corrected chi connectivity index (χ0v) is 19.2. The van der Waals surface area contributed by atoms with Gasteiger partial charge in [0, 0.05) is 22.7 Å². The fourth-order valence-corrected chi connectivity index (χ4v) is 3.98. The highest BCUT2D eigenvalue weighted by molar-refractivity contribution is 6.30. The zero-order chi connectivity index (χ0) is 25.0. The standard InChI is InChI=1S/C26H21ClF3N3O2/c27-19-12-10-17(11-13-19)14-23(34)31-15-21-25(35)33(16-26(28,29)30)22-9-5-4-8-20(22)24(32-21)18-6-2-1-3-7-18/h1-13,21H,14-16H2,(H,31,34)/t21-/m0/s1. The number of alkyl halides is 3. The summed E-state index contributed by atoms with van der Waals surface area (Å²) in [6, 6.07) is 20.8. The lowest BCUT2D eigenvalue weighted by Crippen LogP contribution is -2.47. The molecule has 1 atom stereocenters. The van der Waals surface area contributed by atoms with Crippen LogP contribution in [0.15, 0.2) is 83.9 Å². The molecule has 35 heavy (non-hydrogen) atoms. The Hall–Kier alpha value is -3.65. The van der Waals surface area contributed by atoms with Gasteiger partial charge in [-0.15, -0.1) is 0 Å². The van der Waals surface area contributed by atoms with Gasteiger partial charge in [0.05, 0.1) is 17.8 Å². The SMILES string of the molecule is O=C(Cc1ccc(Cl)cc1)NC[C@@H]1N=C(c2ccccc2)c2ccccc2N(CC(F)(F)F)C1=O. The molecular formula is C26H21ClF3N3O2. The molecule has 4 rings (SSSR count). The van der Waals surface area contributed by atoms with Crippen molar-refractivity contribution in [3.05, 3.63) is 101 Å². The van der Waals surface area contributed by atoms with Gasteiger partial charge in [0.2, 0.25) is 5.91 Å². The molecule has 9 heteroatoms. The van der Waals surface area contributed by atoms with E-state index in [0.29, 0.717) is 32.3 Å². The van der Waals surface area contributed by atoms with E-state index in [1.54, 1.807) is 66.7 Å². The molecule has 0 spiro atoms. The van der Waals surface area contributed by atoms with Gasteiger partial charge in [-0.1, -0.05) is 72.3 Å². The molecule has 0 unspecified atom stereocenters. The van der Waals surface area contributed by atoms with Crippen LogP contribution in [0.2, 0.25) is 5.02 Å². The highest BCUT2D eigenvalue weighted by Gasteiger charge is 2.39. The molecule has 1 heterocycles. The summed E-state index contributed by atoms with van der Waals surface area (Å²) in [4.78, 5) is 31.1. The number of amides is 2. The number of halogens is 4. The Morgan fingerprint density at radius 1 is 0.971 bits per heavy atom. The summed E-state index contributed by atoms with van der Waals surface area (Å²) in [6.45, 7) is -1.71. The van der Waals surface area contributed by atoms with Gasteiger partial charge in [0.25, 0.3) is 5.91 Å². The van der Waals surface area contributed by atoms with Gasteiger partial charge in [-0.05, 0) is 23.8 Å². The highest BCUT2D eigenvalue weighted by Crippen LogP contribution is 2.31. The Kier molecular flexibility index (Phi) is 7.21. The van der Waals surface area contributed by atoms with Gasteiger partial charge in [-0.3, -0.25) is 14.6 Å². The van der Waals surface area contributed by atoms with Crippen LogP contribution in [0.4, 0.5) is 18.9 Å². The molecule has 2 amide bonds. The van der Waals surface area contributed by atoms with E-state index in [1.807, 2.05) is 6.07 Å². The molecule has 0 saturated heterocycles. The average molecular weight is 500 g/mol. The monoisotopic (exact) mass is 499 g/mol. The minimum absolute atomic E-state index is 0.0276. The largest absolute Gasteiger partial charge is 0.406 e. The number of benzodiazepines with no additional fused rings is 1. The van der Waals surface area contributed by atoms with Crippen LogP contribution in [0.25, 0.3) is 0 Å². The number of carbonyl (C=O) groups excluding carboxylic acids is 2. The van der Waals surface area contributed by atoms with E-state index < -0.39 is 24.7 Å². The molecule has 0 saturated carbocycles. The fraction of sp³-hybridized carbons (Fsp3) is 0.192. The number of carbonyl (C=O) groups is 2. The molecule has 0 radical (unpaired) electrons. The predicted molar refractivity (Wildman–Crippen MR) is 129 cm³/mol. The second-order valence-corrected chi connectivity index (χ2v) is 8.46. The normalized spacial score (nSPS) is 15.8. The van der Waals surface area contributed by atoms with Crippen LogP contribution in [0.5, 0.6) is 0 Å². The van der Waals surface area contributed by atoms with Crippen LogP contribution < -0.4 is 10.2 Å². The summed E-state index contributed by atoms with van der Waals surface area (Å²) in [6.07, 6.45) is -4.60. The summed E-state index contributed by atoms with van der Waals surface area (Å²) in [7, 11) is 0. The summed E-state index contributed by atoms with van der Waals surface area (Å²) in [5, 5.41) is 3.18. The van der Waals surface area contributed by atoms with Crippen molar-refractivity contribution in [2.75, 3.05) is 18.0 Å². The van der Waals surface area contributed by atoms with Crippen LogP contribution in [-0.2, 0) is 16.0 Å². The van der Waals surface area contributed by atoms with Crippen molar-refractivity contribution in [1.29, 1.82) is 0 Å². The van der Waals surface area contributed by atoms with Crippen molar-refractivity contribution in [3.8, 4) is 0 Å². The van der Waals surface area contributed by atoms with Gasteiger partial charge in [0.1, 0.15) is 12.6 Å². The van der Waals surface area contributed by atoms with Crippen LogP contribution in [-0.4, -0.2) is 42.8 Å². The first kappa shape index (κ1) is 24.5. The van der Waals surface area contributed by atoms with E-state index >= 15 is 0 Å². The second-order valence-electron chi connectivity index (χ2n) is 8.02. The molecule has 3 aromatic carbocycles. The summed E-state index contributed by atoms with van der Waals surface area (Å²) < 4.78 is 40.4. The van der Waals surface area contributed by atoms with Gasteiger partial charge < -0.3 is 10.2 Å². The van der Waals surface area contributed by atoms with E-state index in [-0.39, 0.29) is 24.6 Å². The number of nitrogens with zero attached hydrogens (tertiary/aromatic N) is 2. The molecule has 0 aromatic heterocycles. The Labute approximate surface area is 205 Å². The van der Waals surface area contributed by atoms with Crippen molar-refractivity contribution in [2.45, 2.75) is 18.6 Å². The Morgan fingerprint density at radius 3 is 2.31 bits per heavy atom. The average Bonchev–Trinajstić information content (AvgIpc) is 2.94. The van der Waals surface area contributed by atoms with Gasteiger partial charge in [-0.2, -0.15) is 13.2 Å². The Morgan fingerprint density at radius 2 is 1.63 bits per heavy atom. The maximum absolute atomic E-state index is 13.5. The summed E-state index contributed by atoms with van der Waals surface area (Å²) in [5.41, 5.74) is 2.27. The number of para-hydroxylation sites is 1. The van der Waals surface area contributed by atoms with E-state index in [2.05, 4.69) is 10.3 Å². The maximum Gasteiger partial charge on any atom is 0.406 e. The van der Waals surface area contributed by atoms with Crippen molar-refractivity contribution in [2.24, 2.45) is 4.99 Å². The van der Waals surface area contributed by atoms with Gasteiger partial charge >= 0.3 is 6.18 Å². The number of benzene rings is 3. The molecular weight excluding hydrogens is 479 g/mol. The number of anilines is 1. The number of rotatable bonds is 6. The van der Waals surface area contributed by atoms with Gasteiger partial charge in [0.15, 0.2) is 0 Å². The lowest BCUT2D eigenvalue weighted by Gasteiger charge is -2.26. The van der Waals surface area contributed by atoms with Crippen LogP contribution in [0, 0.1) is 0 Å². The zero-order valence-electron chi connectivity index (χ0n) is 18.4. The third-order valence-corrected chi connectivity index (χ3v) is 5.69. The third kappa shape index (κ3) is 6.08. The number of fused-ring (bicyclic) bond motifs is 1. The molecule has 180 valence electrons. The number of hydrogen-bond donors (Lipinski definition) is 1. The van der Waals surface area contributed by atoms with Crippen LogP contribution in [0.1, 0.15) is 16.7 Å². The summed E-state index contributed by atoms with van der Waals surface area (Å²) >= 11 is 5.87. The van der Waals surface area contributed by atoms with Crippen molar-refractivity contribution < 1.29 is 22.8 Å². The minimum atomic E-state index is -4.62. The van der Waals surface area contributed by atoms with E-state index in [9.17, 15) is 22.8 Å². The third-order valence-electron chi connectivity index (χ3n) is 5.44. The lowest BCUT2D eigenvalue weighted by atomic mass is 10.0.